The van der Waals surface area contributed by atoms with E-state index in [4.69, 9.17) is 14.3 Å². The summed E-state index contributed by atoms with van der Waals surface area (Å²) in [5, 5.41) is 14.9. The van der Waals surface area contributed by atoms with E-state index in [2.05, 4.69) is 20.6 Å². The van der Waals surface area contributed by atoms with Gasteiger partial charge in [-0.3, -0.25) is 9.78 Å². The van der Waals surface area contributed by atoms with Crippen LogP contribution in [0.3, 0.4) is 0 Å². The van der Waals surface area contributed by atoms with Crippen molar-refractivity contribution < 1.29 is 23.8 Å². The Bertz CT molecular complexity index is 1270. The van der Waals surface area contributed by atoms with Crippen LogP contribution in [0.4, 0.5) is 11.7 Å². The fourth-order valence-corrected chi connectivity index (χ4v) is 3.07. The number of benzene rings is 2. The number of hydrogen-bond acceptors (Lipinski definition) is 7. The highest BCUT2D eigenvalue weighted by Gasteiger charge is 2.12. The summed E-state index contributed by atoms with van der Waals surface area (Å²) in [6.07, 6.45) is 4.86. The van der Waals surface area contributed by atoms with Crippen molar-refractivity contribution >= 4 is 23.6 Å². The summed E-state index contributed by atoms with van der Waals surface area (Å²) in [4.78, 5) is 31.8. The Morgan fingerprint density at radius 2 is 1.79 bits per heavy atom. The first-order valence-electron chi connectivity index (χ1n) is 9.94. The van der Waals surface area contributed by atoms with Gasteiger partial charge in [0, 0.05) is 41.8 Å². The van der Waals surface area contributed by atoms with Crippen molar-refractivity contribution in [1.82, 2.24) is 15.3 Å². The molecule has 2 heterocycles. The van der Waals surface area contributed by atoms with Crippen LogP contribution in [-0.2, 0) is 6.54 Å². The van der Waals surface area contributed by atoms with E-state index < -0.39 is 5.97 Å². The number of aromatic carboxylic acids is 1. The molecule has 0 radical (unpaired) electrons. The van der Waals surface area contributed by atoms with E-state index in [1.807, 2.05) is 12.1 Å². The lowest BCUT2D eigenvalue weighted by molar-refractivity contribution is 0.0696. The molecule has 3 N–H and O–H groups in total. The van der Waals surface area contributed by atoms with Crippen LogP contribution in [0.25, 0.3) is 11.3 Å². The highest BCUT2D eigenvalue weighted by molar-refractivity contribution is 5.95. The molecular weight excluding hydrogens is 424 g/mol. The molecule has 1 amide bonds. The maximum Gasteiger partial charge on any atom is 0.335 e. The van der Waals surface area contributed by atoms with E-state index >= 15 is 0 Å². The lowest BCUT2D eigenvalue weighted by Gasteiger charge is -2.10. The fraction of sp³-hybridized carbons (Fsp3) is 0.0833. The number of rotatable bonds is 8. The van der Waals surface area contributed by atoms with Gasteiger partial charge < -0.3 is 24.9 Å². The number of anilines is 2. The number of hydrogen-bond donors (Lipinski definition) is 3. The normalized spacial score (nSPS) is 10.5. The lowest BCUT2D eigenvalue weighted by Crippen LogP contribution is -2.22. The molecule has 0 atom stereocenters. The zero-order valence-electron chi connectivity index (χ0n) is 17.6. The molecule has 0 spiro atoms. The third kappa shape index (κ3) is 5.34. The highest BCUT2D eigenvalue weighted by Crippen LogP contribution is 2.27. The maximum absolute atomic E-state index is 12.7. The number of carbonyl (C=O) groups excluding carboxylic acids is 1. The third-order valence-electron chi connectivity index (χ3n) is 4.78. The SMILES string of the molecule is COc1cc(Nc2ncc(-c3ccc(C(=O)O)cc3)o2)cc(C(=O)NCc2ccncc2)c1. The summed E-state index contributed by atoms with van der Waals surface area (Å²) >= 11 is 0. The molecule has 2 aromatic heterocycles. The molecule has 9 heteroatoms. The van der Waals surface area contributed by atoms with E-state index in [-0.39, 0.29) is 17.5 Å². The Labute approximate surface area is 189 Å². The molecule has 166 valence electrons. The van der Waals surface area contributed by atoms with Gasteiger partial charge in [-0.05, 0) is 42.0 Å². The van der Waals surface area contributed by atoms with Crippen molar-refractivity contribution in [3.8, 4) is 17.1 Å². The molecule has 0 bridgehead atoms. The maximum atomic E-state index is 12.7. The largest absolute Gasteiger partial charge is 0.497 e. The topological polar surface area (TPSA) is 127 Å². The number of carbonyl (C=O) groups is 2. The third-order valence-corrected chi connectivity index (χ3v) is 4.78. The molecule has 0 saturated heterocycles. The van der Waals surface area contributed by atoms with Gasteiger partial charge in [0.1, 0.15) is 5.75 Å². The van der Waals surface area contributed by atoms with Gasteiger partial charge in [0.15, 0.2) is 5.76 Å². The molecule has 4 aromatic rings. The number of carboxylic acids is 1. The number of ether oxygens (including phenoxy) is 1. The minimum atomic E-state index is -1.000. The first-order valence-corrected chi connectivity index (χ1v) is 9.94. The summed E-state index contributed by atoms with van der Waals surface area (Å²) in [5.74, 6) is -0.307. The fourth-order valence-electron chi connectivity index (χ4n) is 3.07. The first kappa shape index (κ1) is 21.6. The summed E-state index contributed by atoms with van der Waals surface area (Å²) in [6, 6.07) is 15.2. The van der Waals surface area contributed by atoms with Gasteiger partial charge in [0.05, 0.1) is 18.9 Å². The van der Waals surface area contributed by atoms with Gasteiger partial charge in [-0.25, -0.2) is 9.78 Å². The van der Waals surface area contributed by atoms with E-state index in [0.717, 1.165) is 5.56 Å². The molecule has 9 nitrogen and oxygen atoms in total. The average Bonchev–Trinajstić information content (AvgIpc) is 3.31. The van der Waals surface area contributed by atoms with E-state index in [1.165, 1.54) is 25.4 Å². The second-order valence-corrected chi connectivity index (χ2v) is 7.03. The van der Waals surface area contributed by atoms with Crippen molar-refractivity contribution in [2.24, 2.45) is 0 Å². The molecule has 2 aromatic carbocycles. The zero-order chi connectivity index (χ0) is 23.2. The number of amides is 1. The Morgan fingerprint density at radius 1 is 1.03 bits per heavy atom. The molecule has 33 heavy (non-hydrogen) atoms. The Morgan fingerprint density at radius 3 is 2.48 bits per heavy atom. The van der Waals surface area contributed by atoms with Crippen LogP contribution in [0.5, 0.6) is 5.75 Å². The summed E-state index contributed by atoms with van der Waals surface area (Å²) in [5.41, 5.74) is 2.76. The van der Waals surface area contributed by atoms with Gasteiger partial charge >= 0.3 is 5.97 Å². The zero-order valence-corrected chi connectivity index (χ0v) is 17.6. The predicted octanol–water partition coefficient (Wildman–Crippen LogP) is 4.12. The molecule has 4 rings (SSSR count). The number of aromatic nitrogens is 2. The van der Waals surface area contributed by atoms with Gasteiger partial charge in [0.2, 0.25) is 0 Å². The van der Waals surface area contributed by atoms with Crippen molar-refractivity contribution in [1.29, 1.82) is 0 Å². The number of nitrogens with zero attached hydrogens (tertiary/aromatic N) is 2. The Balaban J connectivity index is 1.49. The van der Waals surface area contributed by atoms with E-state index in [1.54, 1.807) is 42.7 Å². The second kappa shape index (κ2) is 9.65. The van der Waals surface area contributed by atoms with Gasteiger partial charge in [0.25, 0.3) is 11.9 Å². The van der Waals surface area contributed by atoms with Crippen molar-refractivity contribution in [3.63, 3.8) is 0 Å². The van der Waals surface area contributed by atoms with Gasteiger partial charge in [-0.15, -0.1) is 0 Å². The van der Waals surface area contributed by atoms with Gasteiger partial charge in [-0.2, -0.15) is 0 Å². The van der Waals surface area contributed by atoms with Crippen LogP contribution in [0.15, 0.2) is 77.6 Å². The number of carboxylic acid groups (broad SMARTS) is 1. The molecule has 0 saturated carbocycles. The molecule has 0 aliphatic rings. The number of nitrogens with one attached hydrogen (secondary N) is 2. The summed E-state index contributed by atoms with van der Waals surface area (Å²) < 4.78 is 11.1. The van der Waals surface area contributed by atoms with Crippen molar-refractivity contribution in [3.05, 3.63) is 89.9 Å². The van der Waals surface area contributed by atoms with Crippen molar-refractivity contribution in [2.75, 3.05) is 12.4 Å². The standard InChI is InChI=1S/C24H20N4O5/c1-32-20-11-18(22(29)26-13-15-6-8-25-9-7-15)10-19(12-20)28-24-27-14-21(33-24)16-2-4-17(5-3-16)23(30)31/h2-12,14H,13H2,1H3,(H,26,29)(H,27,28)(H,30,31). The molecule has 0 fully saturated rings. The Kier molecular flexibility index (Phi) is 6.31. The Hall–Kier alpha value is -4.66. The van der Waals surface area contributed by atoms with Crippen LogP contribution in [0.2, 0.25) is 0 Å². The molecule has 0 aliphatic heterocycles. The van der Waals surface area contributed by atoms with E-state index in [0.29, 0.717) is 34.9 Å². The number of oxazole rings is 1. The van der Waals surface area contributed by atoms with Crippen molar-refractivity contribution in [2.45, 2.75) is 6.54 Å². The van der Waals surface area contributed by atoms with Crippen LogP contribution in [0, 0.1) is 0 Å². The van der Waals surface area contributed by atoms with Gasteiger partial charge in [-0.1, -0.05) is 12.1 Å². The van der Waals surface area contributed by atoms with Crippen LogP contribution in [0.1, 0.15) is 26.3 Å². The van der Waals surface area contributed by atoms with E-state index in [9.17, 15) is 9.59 Å². The minimum absolute atomic E-state index is 0.183. The quantitative estimate of drug-likeness (QED) is 0.370. The van der Waals surface area contributed by atoms with Crippen LogP contribution >= 0.6 is 0 Å². The highest BCUT2D eigenvalue weighted by atomic mass is 16.5. The number of pyridine rings is 1. The first-order chi connectivity index (χ1) is 16.0. The lowest BCUT2D eigenvalue weighted by atomic mass is 10.1. The summed E-state index contributed by atoms with van der Waals surface area (Å²) in [7, 11) is 1.52. The molecular formula is C24H20N4O5. The van der Waals surface area contributed by atoms with Crippen LogP contribution in [-0.4, -0.2) is 34.1 Å². The monoisotopic (exact) mass is 444 g/mol. The molecule has 0 unspecified atom stereocenters. The van der Waals surface area contributed by atoms with Crippen LogP contribution < -0.4 is 15.4 Å². The molecule has 0 aliphatic carbocycles. The second-order valence-electron chi connectivity index (χ2n) is 7.03. The average molecular weight is 444 g/mol. The minimum Gasteiger partial charge on any atom is -0.497 e. The smallest absolute Gasteiger partial charge is 0.335 e. The summed E-state index contributed by atoms with van der Waals surface area (Å²) in [6.45, 7) is 0.366. The number of methoxy groups -OCH3 is 1. The predicted molar refractivity (Wildman–Crippen MR) is 121 cm³/mol.